The average Bonchev–Trinajstić information content (AvgIpc) is 2.80. The number of ether oxygens (including phenoxy) is 1. The molecule has 4 nitrogen and oxygen atoms in total. The molecule has 1 N–H and O–H groups in total. The minimum Gasteiger partial charge on any atom is -0.356 e. The van der Waals surface area contributed by atoms with Crippen molar-refractivity contribution in [2.45, 2.75) is 58.7 Å². The summed E-state index contributed by atoms with van der Waals surface area (Å²) < 4.78 is 6.46. The van der Waals surface area contributed by atoms with Crippen LogP contribution in [0.2, 0.25) is 0 Å². The highest BCUT2D eigenvalue weighted by Crippen LogP contribution is 2.33. The van der Waals surface area contributed by atoms with Gasteiger partial charge in [-0.25, -0.2) is 0 Å². The Labute approximate surface area is 192 Å². The SMILES string of the molecule is CC(C)C[C@H](O[C@H](c1ccccc1)c1ccc(C2=CCCC(C)C2)cc1)C(=O)NCC#N. The molecule has 1 aliphatic carbocycles. The quantitative estimate of drug-likeness (QED) is 0.493. The molecular weight excluding hydrogens is 396 g/mol. The topological polar surface area (TPSA) is 62.1 Å². The van der Waals surface area contributed by atoms with Gasteiger partial charge in [0.15, 0.2) is 0 Å². The van der Waals surface area contributed by atoms with Crippen LogP contribution in [0.5, 0.6) is 0 Å². The zero-order valence-electron chi connectivity index (χ0n) is 19.4. The third-order valence-corrected chi connectivity index (χ3v) is 5.93. The molecule has 32 heavy (non-hydrogen) atoms. The first-order chi connectivity index (χ1) is 15.5. The van der Waals surface area contributed by atoms with E-state index in [1.807, 2.05) is 36.4 Å². The van der Waals surface area contributed by atoms with Crippen LogP contribution in [-0.4, -0.2) is 18.6 Å². The number of nitrogens with zero attached hydrogens (tertiary/aromatic N) is 1. The smallest absolute Gasteiger partial charge is 0.250 e. The van der Waals surface area contributed by atoms with Gasteiger partial charge in [0.25, 0.3) is 0 Å². The fourth-order valence-corrected chi connectivity index (χ4v) is 4.25. The van der Waals surface area contributed by atoms with Crippen molar-refractivity contribution in [1.82, 2.24) is 5.32 Å². The molecule has 1 unspecified atom stereocenters. The predicted octanol–water partition coefficient (Wildman–Crippen LogP) is 6.05. The normalized spacial score (nSPS) is 17.8. The van der Waals surface area contributed by atoms with Crippen molar-refractivity contribution in [2.24, 2.45) is 11.8 Å². The van der Waals surface area contributed by atoms with Gasteiger partial charge in [-0.05, 0) is 59.8 Å². The molecule has 2 aromatic rings. The van der Waals surface area contributed by atoms with Crippen LogP contribution in [0.1, 0.15) is 69.2 Å². The Kier molecular flexibility index (Phi) is 8.64. The number of nitrogens with one attached hydrogen (secondary N) is 1. The summed E-state index contributed by atoms with van der Waals surface area (Å²) in [6.45, 7) is 6.43. The predicted molar refractivity (Wildman–Crippen MR) is 129 cm³/mol. The highest BCUT2D eigenvalue weighted by Gasteiger charge is 2.26. The fraction of sp³-hybridized carbons (Fsp3) is 0.429. The monoisotopic (exact) mass is 430 g/mol. The highest BCUT2D eigenvalue weighted by molar-refractivity contribution is 5.81. The molecule has 0 saturated heterocycles. The minimum atomic E-state index is -0.630. The number of carbonyl (C=O) groups excluding carboxylic acids is 1. The number of hydrogen-bond acceptors (Lipinski definition) is 3. The number of allylic oxidation sites excluding steroid dienone is 2. The van der Waals surface area contributed by atoms with Crippen molar-refractivity contribution in [3.63, 3.8) is 0 Å². The van der Waals surface area contributed by atoms with Crippen LogP contribution >= 0.6 is 0 Å². The average molecular weight is 431 g/mol. The second-order valence-electron chi connectivity index (χ2n) is 9.16. The van der Waals surface area contributed by atoms with Crippen molar-refractivity contribution in [2.75, 3.05) is 6.54 Å². The largest absolute Gasteiger partial charge is 0.356 e. The Balaban J connectivity index is 1.88. The molecule has 0 aromatic heterocycles. The highest BCUT2D eigenvalue weighted by atomic mass is 16.5. The summed E-state index contributed by atoms with van der Waals surface area (Å²) in [4.78, 5) is 12.7. The number of hydrogen-bond donors (Lipinski definition) is 1. The Morgan fingerprint density at radius 2 is 1.81 bits per heavy atom. The molecule has 0 fully saturated rings. The molecule has 0 saturated carbocycles. The van der Waals surface area contributed by atoms with Crippen LogP contribution in [0.3, 0.4) is 0 Å². The van der Waals surface area contributed by atoms with Crippen molar-refractivity contribution < 1.29 is 9.53 Å². The fourth-order valence-electron chi connectivity index (χ4n) is 4.25. The summed E-state index contributed by atoms with van der Waals surface area (Å²) in [7, 11) is 0. The van der Waals surface area contributed by atoms with E-state index in [1.54, 1.807) is 0 Å². The van der Waals surface area contributed by atoms with E-state index >= 15 is 0 Å². The van der Waals surface area contributed by atoms with Crippen LogP contribution in [0.4, 0.5) is 0 Å². The van der Waals surface area contributed by atoms with E-state index in [2.05, 4.69) is 56.4 Å². The van der Waals surface area contributed by atoms with Gasteiger partial charge in [0.05, 0.1) is 6.07 Å². The maximum absolute atomic E-state index is 12.7. The van der Waals surface area contributed by atoms with Gasteiger partial charge in [0.1, 0.15) is 18.8 Å². The lowest BCUT2D eigenvalue weighted by Crippen LogP contribution is -2.38. The molecule has 0 bridgehead atoms. The standard InChI is InChI=1S/C28H34N2O2/c1-20(2)18-26(28(31)30-17-16-29)32-27(23-9-5-4-6-10-23)24-14-12-22(13-15-24)25-11-7-8-21(3)19-25/h4-6,9-15,20-21,26-27H,7-8,17-19H2,1-3H3,(H,30,31)/t21?,26-,27+/m0/s1. The molecule has 1 aliphatic rings. The van der Waals surface area contributed by atoms with Crippen LogP contribution in [0.25, 0.3) is 5.57 Å². The molecule has 168 valence electrons. The zero-order valence-corrected chi connectivity index (χ0v) is 19.4. The lowest BCUT2D eigenvalue weighted by Gasteiger charge is -2.26. The molecule has 4 heteroatoms. The van der Waals surface area contributed by atoms with Gasteiger partial charge in [-0.2, -0.15) is 5.26 Å². The van der Waals surface area contributed by atoms with Crippen LogP contribution < -0.4 is 5.32 Å². The maximum atomic E-state index is 12.7. The van der Waals surface area contributed by atoms with E-state index < -0.39 is 6.10 Å². The third kappa shape index (κ3) is 6.55. The van der Waals surface area contributed by atoms with Gasteiger partial charge in [-0.15, -0.1) is 0 Å². The summed E-state index contributed by atoms with van der Waals surface area (Å²) in [5.74, 6) is 0.768. The van der Waals surface area contributed by atoms with E-state index in [-0.39, 0.29) is 24.5 Å². The van der Waals surface area contributed by atoms with Crippen molar-refractivity contribution in [1.29, 1.82) is 5.26 Å². The Hall–Kier alpha value is -2.90. The van der Waals surface area contributed by atoms with Gasteiger partial charge in [0, 0.05) is 0 Å². The third-order valence-electron chi connectivity index (χ3n) is 5.93. The number of benzene rings is 2. The molecule has 2 aromatic carbocycles. The second-order valence-corrected chi connectivity index (χ2v) is 9.16. The summed E-state index contributed by atoms with van der Waals surface area (Å²) in [6, 6.07) is 20.6. The van der Waals surface area contributed by atoms with Crippen molar-refractivity contribution in [3.8, 4) is 6.07 Å². The second kappa shape index (κ2) is 11.6. The molecule has 1 amide bonds. The minimum absolute atomic E-state index is 0.0188. The molecule has 3 atom stereocenters. The molecule has 0 heterocycles. The van der Waals surface area contributed by atoms with E-state index in [0.717, 1.165) is 29.9 Å². The Morgan fingerprint density at radius 3 is 2.44 bits per heavy atom. The molecular formula is C28H34N2O2. The van der Waals surface area contributed by atoms with E-state index in [0.29, 0.717) is 6.42 Å². The van der Waals surface area contributed by atoms with Crippen LogP contribution in [0.15, 0.2) is 60.7 Å². The summed E-state index contributed by atoms with van der Waals surface area (Å²) in [5.41, 5.74) is 4.71. The molecule has 0 spiro atoms. The lowest BCUT2D eigenvalue weighted by atomic mass is 9.86. The maximum Gasteiger partial charge on any atom is 0.250 e. The van der Waals surface area contributed by atoms with Gasteiger partial charge < -0.3 is 10.1 Å². The van der Waals surface area contributed by atoms with Crippen molar-refractivity contribution in [3.05, 3.63) is 77.4 Å². The van der Waals surface area contributed by atoms with Gasteiger partial charge in [-0.3, -0.25) is 4.79 Å². The summed E-state index contributed by atoms with van der Waals surface area (Å²) in [5, 5.41) is 11.5. The summed E-state index contributed by atoms with van der Waals surface area (Å²) >= 11 is 0. The zero-order chi connectivity index (χ0) is 22.9. The number of rotatable bonds is 9. The first-order valence-electron chi connectivity index (χ1n) is 11.6. The number of nitriles is 1. The first kappa shape index (κ1) is 23.8. The molecule has 0 aliphatic heterocycles. The van der Waals surface area contributed by atoms with Gasteiger partial charge in [0.2, 0.25) is 5.91 Å². The first-order valence-corrected chi connectivity index (χ1v) is 11.6. The lowest BCUT2D eigenvalue weighted by molar-refractivity contribution is -0.136. The van der Waals surface area contributed by atoms with Gasteiger partial charge >= 0.3 is 0 Å². The summed E-state index contributed by atoms with van der Waals surface area (Å²) in [6.07, 6.45) is 5.48. The Morgan fingerprint density at radius 1 is 1.12 bits per heavy atom. The number of amides is 1. The van der Waals surface area contributed by atoms with Gasteiger partial charge in [-0.1, -0.05) is 81.4 Å². The Bertz CT molecular complexity index is 942. The van der Waals surface area contributed by atoms with E-state index in [1.165, 1.54) is 17.6 Å². The van der Waals surface area contributed by atoms with Crippen molar-refractivity contribution >= 4 is 11.5 Å². The van der Waals surface area contributed by atoms with Crippen LogP contribution in [-0.2, 0) is 9.53 Å². The number of carbonyl (C=O) groups is 1. The molecule has 0 radical (unpaired) electrons. The van der Waals surface area contributed by atoms with E-state index in [4.69, 9.17) is 10.00 Å². The molecule has 3 rings (SSSR count). The van der Waals surface area contributed by atoms with E-state index in [9.17, 15) is 4.79 Å². The van der Waals surface area contributed by atoms with Crippen LogP contribution in [0, 0.1) is 23.2 Å².